The lowest BCUT2D eigenvalue weighted by atomic mass is 10.3. The lowest BCUT2D eigenvalue weighted by Gasteiger charge is -2.16. The van der Waals surface area contributed by atoms with E-state index in [0.717, 1.165) is 5.69 Å². The fraction of sp³-hybridized carbons (Fsp3) is 0.444. The number of rotatable bonds is 5. The smallest absolute Gasteiger partial charge is 0.317 e. The van der Waals surface area contributed by atoms with E-state index in [0.29, 0.717) is 13.1 Å². The predicted molar refractivity (Wildman–Crippen MR) is 50.6 cm³/mol. The predicted octanol–water partition coefficient (Wildman–Crippen LogP) is 0.383. The zero-order valence-corrected chi connectivity index (χ0v) is 8.05. The van der Waals surface area contributed by atoms with Gasteiger partial charge < -0.3 is 5.11 Å². The van der Waals surface area contributed by atoms with Gasteiger partial charge in [-0.15, -0.1) is 0 Å². The second kappa shape index (κ2) is 5.29. The van der Waals surface area contributed by atoms with Gasteiger partial charge in [-0.25, -0.2) is 9.97 Å². The van der Waals surface area contributed by atoms with Crippen molar-refractivity contribution >= 4 is 5.97 Å². The van der Waals surface area contributed by atoms with Gasteiger partial charge in [-0.3, -0.25) is 9.69 Å². The number of hydrogen-bond acceptors (Lipinski definition) is 4. The molecule has 1 heterocycles. The fourth-order valence-electron chi connectivity index (χ4n) is 1.11. The minimum absolute atomic E-state index is 0.0422. The Bertz CT molecular complexity index is 289. The summed E-state index contributed by atoms with van der Waals surface area (Å²) in [6, 6.07) is 1.78. The third kappa shape index (κ3) is 3.49. The molecule has 14 heavy (non-hydrogen) atoms. The molecular formula is C9H13N3O2. The van der Waals surface area contributed by atoms with Gasteiger partial charge >= 0.3 is 5.97 Å². The van der Waals surface area contributed by atoms with Gasteiger partial charge in [0.15, 0.2) is 0 Å². The largest absolute Gasteiger partial charge is 0.480 e. The van der Waals surface area contributed by atoms with E-state index in [1.165, 1.54) is 6.33 Å². The molecule has 1 N–H and O–H groups in total. The highest BCUT2D eigenvalue weighted by atomic mass is 16.4. The van der Waals surface area contributed by atoms with E-state index in [4.69, 9.17) is 5.11 Å². The minimum atomic E-state index is -0.819. The molecule has 0 fully saturated rings. The van der Waals surface area contributed by atoms with Gasteiger partial charge in [-0.1, -0.05) is 6.92 Å². The van der Waals surface area contributed by atoms with Gasteiger partial charge in [0.25, 0.3) is 0 Å². The number of nitrogens with zero attached hydrogens (tertiary/aromatic N) is 3. The number of carboxylic acids is 1. The SMILES string of the molecule is CCN(CC(=O)O)Cc1ccncn1. The summed E-state index contributed by atoms with van der Waals surface area (Å²) in [4.78, 5) is 20.1. The van der Waals surface area contributed by atoms with Crippen LogP contribution in [-0.2, 0) is 11.3 Å². The summed E-state index contributed by atoms with van der Waals surface area (Å²) in [6.07, 6.45) is 3.11. The van der Waals surface area contributed by atoms with Gasteiger partial charge in [0, 0.05) is 12.7 Å². The first-order chi connectivity index (χ1) is 6.72. The highest BCUT2D eigenvalue weighted by Crippen LogP contribution is 1.98. The number of carbonyl (C=O) groups is 1. The van der Waals surface area contributed by atoms with E-state index in [1.807, 2.05) is 6.92 Å². The molecule has 0 saturated heterocycles. The molecule has 0 radical (unpaired) electrons. The van der Waals surface area contributed by atoms with E-state index in [9.17, 15) is 4.79 Å². The van der Waals surface area contributed by atoms with Crippen molar-refractivity contribution in [3.05, 3.63) is 24.3 Å². The average molecular weight is 195 g/mol. The maximum Gasteiger partial charge on any atom is 0.317 e. The monoisotopic (exact) mass is 195 g/mol. The average Bonchev–Trinajstić information content (AvgIpc) is 2.17. The Labute approximate surface area is 82.4 Å². The Morgan fingerprint density at radius 2 is 2.43 bits per heavy atom. The van der Waals surface area contributed by atoms with Gasteiger partial charge in [-0.05, 0) is 12.6 Å². The van der Waals surface area contributed by atoms with E-state index in [2.05, 4.69) is 9.97 Å². The Balaban J connectivity index is 2.53. The van der Waals surface area contributed by atoms with Gasteiger partial charge in [0.1, 0.15) is 6.33 Å². The van der Waals surface area contributed by atoms with Crippen molar-refractivity contribution in [1.29, 1.82) is 0 Å². The first-order valence-electron chi connectivity index (χ1n) is 4.41. The molecule has 0 aliphatic heterocycles. The maximum absolute atomic E-state index is 10.5. The minimum Gasteiger partial charge on any atom is -0.480 e. The standard InChI is InChI=1S/C9H13N3O2/c1-2-12(6-9(13)14)5-8-3-4-10-7-11-8/h3-4,7H,2,5-6H2,1H3,(H,13,14). The highest BCUT2D eigenvalue weighted by molar-refractivity contribution is 5.69. The van der Waals surface area contributed by atoms with Crippen LogP contribution in [0, 0.1) is 0 Å². The highest BCUT2D eigenvalue weighted by Gasteiger charge is 2.08. The zero-order chi connectivity index (χ0) is 10.4. The zero-order valence-electron chi connectivity index (χ0n) is 8.05. The number of likely N-dealkylation sites (N-methyl/N-ethyl adjacent to an activating group) is 1. The molecule has 1 aromatic heterocycles. The van der Waals surface area contributed by atoms with Crippen LogP contribution in [0.3, 0.4) is 0 Å². The van der Waals surface area contributed by atoms with Crippen molar-refractivity contribution in [1.82, 2.24) is 14.9 Å². The third-order valence-electron chi connectivity index (χ3n) is 1.83. The summed E-state index contributed by atoms with van der Waals surface area (Å²) in [5, 5.41) is 8.62. The molecule has 1 aromatic rings. The van der Waals surface area contributed by atoms with Crippen LogP contribution in [0.2, 0.25) is 0 Å². The summed E-state index contributed by atoms with van der Waals surface area (Å²) >= 11 is 0. The van der Waals surface area contributed by atoms with E-state index < -0.39 is 5.97 Å². The molecule has 5 nitrogen and oxygen atoms in total. The van der Waals surface area contributed by atoms with Crippen LogP contribution in [0.15, 0.2) is 18.6 Å². The summed E-state index contributed by atoms with van der Waals surface area (Å²) in [7, 11) is 0. The summed E-state index contributed by atoms with van der Waals surface area (Å²) < 4.78 is 0. The second-order valence-electron chi connectivity index (χ2n) is 2.90. The quantitative estimate of drug-likeness (QED) is 0.735. The van der Waals surface area contributed by atoms with Gasteiger partial charge in [-0.2, -0.15) is 0 Å². The lowest BCUT2D eigenvalue weighted by Crippen LogP contribution is -2.29. The van der Waals surface area contributed by atoms with Crippen LogP contribution in [0.25, 0.3) is 0 Å². The molecule has 0 unspecified atom stereocenters. The van der Waals surface area contributed by atoms with E-state index in [1.54, 1.807) is 17.2 Å². The molecule has 0 spiro atoms. The Morgan fingerprint density at radius 3 is 2.93 bits per heavy atom. The van der Waals surface area contributed by atoms with Crippen LogP contribution in [0.5, 0.6) is 0 Å². The van der Waals surface area contributed by atoms with Gasteiger partial charge in [0.05, 0.1) is 12.2 Å². The molecule has 1 rings (SSSR count). The fourth-order valence-corrected chi connectivity index (χ4v) is 1.11. The normalized spacial score (nSPS) is 10.4. The number of carboxylic acid groups (broad SMARTS) is 1. The second-order valence-corrected chi connectivity index (χ2v) is 2.90. The molecular weight excluding hydrogens is 182 g/mol. The van der Waals surface area contributed by atoms with Crippen LogP contribution in [0.4, 0.5) is 0 Å². The molecule has 76 valence electrons. The molecule has 0 saturated carbocycles. The van der Waals surface area contributed by atoms with Crippen LogP contribution in [-0.4, -0.2) is 39.0 Å². The van der Waals surface area contributed by atoms with Crippen LogP contribution >= 0.6 is 0 Å². The van der Waals surface area contributed by atoms with Crippen molar-refractivity contribution in [2.45, 2.75) is 13.5 Å². The number of aliphatic carboxylic acids is 1. The van der Waals surface area contributed by atoms with Crippen LogP contribution in [0.1, 0.15) is 12.6 Å². The molecule has 5 heteroatoms. The molecule has 0 aliphatic rings. The first-order valence-corrected chi connectivity index (χ1v) is 4.41. The topological polar surface area (TPSA) is 66.3 Å². The molecule has 0 aromatic carbocycles. The van der Waals surface area contributed by atoms with Gasteiger partial charge in [0.2, 0.25) is 0 Å². The molecule has 0 aliphatic carbocycles. The third-order valence-corrected chi connectivity index (χ3v) is 1.83. The Kier molecular flexibility index (Phi) is 4.00. The molecule has 0 atom stereocenters. The van der Waals surface area contributed by atoms with Crippen molar-refractivity contribution in [2.75, 3.05) is 13.1 Å². The Hall–Kier alpha value is -1.49. The summed E-state index contributed by atoms with van der Waals surface area (Å²) in [6.45, 7) is 3.20. The number of hydrogen-bond donors (Lipinski definition) is 1. The van der Waals surface area contributed by atoms with E-state index in [-0.39, 0.29) is 6.54 Å². The Morgan fingerprint density at radius 1 is 1.64 bits per heavy atom. The molecule has 0 amide bonds. The first kappa shape index (κ1) is 10.6. The number of aromatic nitrogens is 2. The van der Waals surface area contributed by atoms with Crippen molar-refractivity contribution in [3.8, 4) is 0 Å². The van der Waals surface area contributed by atoms with Crippen molar-refractivity contribution < 1.29 is 9.90 Å². The van der Waals surface area contributed by atoms with E-state index >= 15 is 0 Å². The molecule has 0 bridgehead atoms. The summed E-state index contributed by atoms with van der Waals surface area (Å²) in [5.74, 6) is -0.819. The van der Waals surface area contributed by atoms with Crippen LogP contribution < -0.4 is 0 Å². The van der Waals surface area contributed by atoms with Crippen molar-refractivity contribution in [3.63, 3.8) is 0 Å². The summed E-state index contributed by atoms with van der Waals surface area (Å²) in [5.41, 5.74) is 0.836. The lowest BCUT2D eigenvalue weighted by molar-refractivity contribution is -0.138. The van der Waals surface area contributed by atoms with Crippen molar-refractivity contribution in [2.24, 2.45) is 0 Å². The maximum atomic E-state index is 10.5.